The summed E-state index contributed by atoms with van der Waals surface area (Å²) >= 11 is 1.87. The summed E-state index contributed by atoms with van der Waals surface area (Å²) in [5.74, 6) is 1.17. The number of amides is 1. The van der Waals surface area contributed by atoms with Crippen molar-refractivity contribution in [2.75, 3.05) is 25.7 Å². The van der Waals surface area contributed by atoms with Crippen molar-refractivity contribution in [2.45, 2.75) is 38.7 Å². The van der Waals surface area contributed by atoms with E-state index >= 15 is 0 Å². The van der Waals surface area contributed by atoms with Crippen LogP contribution in [0.2, 0.25) is 0 Å². The zero-order chi connectivity index (χ0) is 11.7. The van der Waals surface area contributed by atoms with Crippen molar-refractivity contribution in [3.05, 3.63) is 0 Å². The highest BCUT2D eigenvalue weighted by Crippen LogP contribution is 2.07. The van der Waals surface area contributed by atoms with Gasteiger partial charge in [0.2, 0.25) is 0 Å². The van der Waals surface area contributed by atoms with Crippen molar-refractivity contribution in [1.29, 1.82) is 0 Å². The molecule has 0 atom stereocenters. The monoisotopic (exact) mass is 233 g/mol. The normalized spacial score (nSPS) is 11.5. The maximum atomic E-state index is 11.5. The highest BCUT2D eigenvalue weighted by Gasteiger charge is 2.25. The van der Waals surface area contributed by atoms with Gasteiger partial charge in [0.1, 0.15) is 5.60 Å². The van der Waals surface area contributed by atoms with Crippen LogP contribution in [0.15, 0.2) is 0 Å². The van der Waals surface area contributed by atoms with E-state index in [-0.39, 0.29) is 5.91 Å². The standard InChI is InChI=1S/C11H23NO2S/c1-11(2,14-3)10(13)12-8-6-5-7-9-15-4/h5-9H2,1-4H3,(H,12,13). The van der Waals surface area contributed by atoms with Gasteiger partial charge < -0.3 is 10.1 Å². The Morgan fingerprint density at radius 1 is 1.33 bits per heavy atom. The first kappa shape index (κ1) is 14.8. The highest BCUT2D eigenvalue weighted by atomic mass is 32.2. The maximum absolute atomic E-state index is 11.5. The van der Waals surface area contributed by atoms with Gasteiger partial charge in [-0.1, -0.05) is 6.42 Å². The summed E-state index contributed by atoms with van der Waals surface area (Å²) in [6.45, 7) is 4.30. The van der Waals surface area contributed by atoms with E-state index in [0.717, 1.165) is 13.0 Å². The van der Waals surface area contributed by atoms with E-state index in [2.05, 4.69) is 11.6 Å². The van der Waals surface area contributed by atoms with Gasteiger partial charge in [-0.3, -0.25) is 4.79 Å². The van der Waals surface area contributed by atoms with E-state index in [1.165, 1.54) is 18.6 Å². The van der Waals surface area contributed by atoms with E-state index in [0.29, 0.717) is 0 Å². The SMILES string of the molecule is COC(C)(C)C(=O)NCCCCCSC. The van der Waals surface area contributed by atoms with Gasteiger partial charge in [0.05, 0.1) is 0 Å². The molecule has 0 aromatic carbocycles. The maximum Gasteiger partial charge on any atom is 0.251 e. The molecular formula is C11H23NO2S. The number of rotatable bonds is 8. The smallest absolute Gasteiger partial charge is 0.251 e. The molecular weight excluding hydrogens is 210 g/mol. The molecule has 1 amide bonds. The molecule has 3 nitrogen and oxygen atoms in total. The quantitative estimate of drug-likeness (QED) is 0.652. The number of carbonyl (C=O) groups excluding carboxylic acids is 1. The first-order valence-electron chi connectivity index (χ1n) is 5.37. The van der Waals surface area contributed by atoms with E-state index in [4.69, 9.17) is 4.74 Å². The largest absolute Gasteiger partial charge is 0.369 e. The van der Waals surface area contributed by atoms with Crippen molar-refractivity contribution in [2.24, 2.45) is 0 Å². The van der Waals surface area contributed by atoms with Crippen LogP contribution in [0, 0.1) is 0 Å². The molecule has 0 rings (SSSR count). The summed E-state index contributed by atoms with van der Waals surface area (Å²) in [5, 5.41) is 2.88. The van der Waals surface area contributed by atoms with E-state index in [1.54, 1.807) is 21.0 Å². The van der Waals surface area contributed by atoms with Gasteiger partial charge in [-0.2, -0.15) is 11.8 Å². The third-order valence-electron chi connectivity index (χ3n) is 2.37. The van der Waals surface area contributed by atoms with Gasteiger partial charge in [-0.05, 0) is 38.7 Å². The number of hydrogen-bond acceptors (Lipinski definition) is 3. The lowest BCUT2D eigenvalue weighted by molar-refractivity contribution is -0.139. The van der Waals surface area contributed by atoms with Crippen molar-refractivity contribution in [3.8, 4) is 0 Å². The minimum atomic E-state index is -0.709. The van der Waals surface area contributed by atoms with Crippen molar-refractivity contribution >= 4 is 17.7 Å². The Bertz CT molecular complexity index is 183. The number of methoxy groups -OCH3 is 1. The zero-order valence-electron chi connectivity index (χ0n) is 10.3. The number of carbonyl (C=O) groups is 1. The Hall–Kier alpha value is -0.220. The topological polar surface area (TPSA) is 38.3 Å². The second-order valence-electron chi connectivity index (χ2n) is 4.02. The Morgan fingerprint density at radius 3 is 2.53 bits per heavy atom. The van der Waals surface area contributed by atoms with Crippen LogP contribution in [-0.2, 0) is 9.53 Å². The Balaban J connectivity index is 3.47. The molecule has 0 bridgehead atoms. The van der Waals surface area contributed by atoms with Crippen molar-refractivity contribution in [3.63, 3.8) is 0 Å². The molecule has 0 saturated heterocycles. The highest BCUT2D eigenvalue weighted by molar-refractivity contribution is 7.98. The summed E-state index contributed by atoms with van der Waals surface area (Å²) < 4.78 is 5.08. The average Bonchev–Trinajstić information content (AvgIpc) is 2.22. The molecule has 0 saturated carbocycles. The van der Waals surface area contributed by atoms with Gasteiger partial charge in [0, 0.05) is 13.7 Å². The summed E-state index contributed by atoms with van der Waals surface area (Å²) in [6.07, 6.45) is 5.56. The molecule has 0 unspecified atom stereocenters. The summed E-state index contributed by atoms with van der Waals surface area (Å²) in [5.41, 5.74) is -0.709. The predicted octanol–water partition coefficient (Wildman–Crippen LogP) is 2.06. The van der Waals surface area contributed by atoms with Gasteiger partial charge in [0.25, 0.3) is 5.91 Å². The Morgan fingerprint density at radius 2 is 2.00 bits per heavy atom. The summed E-state index contributed by atoms with van der Waals surface area (Å²) in [6, 6.07) is 0. The molecule has 90 valence electrons. The van der Waals surface area contributed by atoms with Crippen LogP contribution >= 0.6 is 11.8 Å². The first-order chi connectivity index (χ1) is 7.04. The number of hydrogen-bond donors (Lipinski definition) is 1. The van der Waals surface area contributed by atoms with Crippen LogP contribution in [0.3, 0.4) is 0 Å². The summed E-state index contributed by atoms with van der Waals surface area (Å²) in [7, 11) is 1.55. The molecule has 0 aliphatic carbocycles. The Labute approximate surface area is 97.3 Å². The van der Waals surface area contributed by atoms with Crippen LogP contribution in [0.5, 0.6) is 0 Å². The molecule has 0 aliphatic heterocycles. The number of nitrogens with one attached hydrogen (secondary N) is 1. The fourth-order valence-electron chi connectivity index (χ4n) is 1.06. The lowest BCUT2D eigenvalue weighted by Gasteiger charge is -2.21. The molecule has 4 heteroatoms. The van der Waals surface area contributed by atoms with Crippen molar-refractivity contribution in [1.82, 2.24) is 5.32 Å². The number of unbranched alkanes of at least 4 members (excludes halogenated alkanes) is 2. The van der Waals surface area contributed by atoms with E-state index < -0.39 is 5.60 Å². The van der Waals surface area contributed by atoms with Gasteiger partial charge in [0.15, 0.2) is 0 Å². The number of ether oxygens (including phenoxy) is 1. The first-order valence-corrected chi connectivity index (χ1v) is 6.76. The molecule has 15 heavy (non-hydrogen) atoms. The molecule has 0 heterocycles. The lowest BCUT2D eigenvalue weighted by Crippen LogP contribution is -2.43. The van der Waals surface area contributed by atoms with Crippen LogP contribution in [0.1, 0.15) is 33.1 Å². The minimum absolute atomic E-state index is 0.0325. The van der Waals surface area contributed by atoms with E-state index in [9.17, 15) is 4.79 Å². The minimum Gasteiger partial charge on any atom is -0.369 e. The van der Waals surface area contributed by atoms with Gasteiger partial charge in [-0.25, -0.2) is 0 Å². The predicted molar refractivity (Wildman–Crippen MR) is 66.3 cm³/mol. The zero-order valence-corrected chi connectivity index (χ0v) is 11.1. The second-order valence-corrected chi connectivity index (χ2v) is 5.01. The van der Waals surface area contributed by atoms with Crippen LogP contribution in [-0.4, -0.2) is 37.2 Å². The fraction of sp³-hybridized carbons (Fsp3) is 0.909. The molecule has 0 spiro atoms. The Kier molecular flexibility index (Phi) is 7.88. The van der Waals surface area contributed by atoms with E-state index in [1.807, 2.05) is 11.8 Å². The van der Waals surface area contributed by atoms with Crippen LogP contribution < -0.4 is 5.32 Å². The van der Waals surface area contributed by atoms with Gasteiger partial charge >= 0.3 is 0 Å². The van der Waals surface area contributed by atoms with Crippen molar-refractivity contribution < 1.29 is 9.53 Å². The fourth-order valence-corrected chi connectivity index (χ4v) is 1.55. The third kappa shape index (κ3) is 6.79. The molecule has 0 aromatic heterocycles. The van der Waals surface area contributed by atoms with Crippen LogP contribution in [0.4, 0.5) is 0 Å². The lowest BCUT2D eigenvalue weighted by atomic mass is 10.1. The summed E-state index contributed by atoms with van der Waals surface area (Å²) in [4.78, 5) is 11.5. The van der Waals surface area contributed by atoms with Crippen LogP contribution in [0.25, 0.3) is 0 Å². The third-order valence-corrected chi connectivity index (χ3v) is 3.06. The molecule has 0 aliphatic rings. The molecule has 0 radical (unpaired) electrons. The number of thioether (sulfide) groups is 1. The molecule has 0 aromatic rings. The van der Waals surface area contributed by atoms with Gasteiger partial charge in [-0.15, -0.1) is 0 Å². The average molecular weight is 233 g/mol. The molecule has 1 N–H and O–H groups in total. The molecule has 0 fully saturated rings. The second kappa shape index (κ2) is 7.99.